The van der Waals surface area contributed by atoms with E-state index in [-0.39, 0.29) is 13.2 Å². The number of rotatable bonds is 12. The number of ether oxygens (including phenoxy) is 3. The quantitative estimate of drug-likeness (QED) is 0.224. The highest BCUT2D eigenvalue weighted by Gasteiger charge is 2.28. The molecule has 4 aromatic carbocycles. The minimum Gasteiger partial charge on any atom is -0.496 e. The summed E-state index contributed by atoms with van der Waals surface area (Å²) in [5, 5.41) is 2.16. The fraction of sp³-hybridized carbons (Fsp3) is 0.194. The molecule has 4 aromatic rings. The molecule has 0 saturated carbocycles. The van der Waals surface area contributed by atoms with Crippen LogP contribution in [-0.4, -0.2) is 26.6 Å². The van der Waals surface area contributed by atoms with E-state index >= 15 is 0 Å². The van der Waals surface area contributed by atoms with Gasteiger partial charge in [0.05, 0.1) is 39.0 Å². The van der Waals surface area contributed by atoms with Gasteiger partial charge in [-0.3, -0.25) is 0 Å². The van der Waals surface area contributed by atoms with Crippen LogP contribution < -0.4 is 4.74 Å². The number of carbonyl (C=O) groups excluding carboxylic acids is 1. The summed E-state index contributed by atoms with van der Waals surface area (Å²) in [6.45, 7) is 1.23. The lowest BCUT2D eigenvalue weighted by Crippen LogP contribution is -2.32. The Bertz CT molecular complexity index is 1200. The third-order valence-electron chi connectivity index (χ3n) is 5.93. The SMILES string of the molecule is COc1ccc2ccccc2c1/C=C/C(C=O)(COCc1ccccc1)COCc1ccccc1. The molecular formula is C31H30O4. The normalized spacial score (nSPS) is 11.7. The fourth-order valence-corrected chi connectivity index (χ4v) is 3.99. The van der Waals surface area contributed by atoms with Crippen LogP contribution in [0.15, 0.2) is 103 Å². The van der Waals surface area contributed by atoms with Gasteiger partial charge in [0.2, 0.25) is 0 Å². The van der Waals surface area contributed by atoms with Crippen LogP contribution in [0, 0.1) is 5.41 Å². The third-order valence-corrected chi connectivity index (χ3v) is 5.93. The molecule has 0 aliphatic heterocycles. The summed E-state index contributed by atoms with van der Waals surface area (Å²) < 4.78 is 17.7. The van der Waals surface area contributed by atoms with Crippen LogP contribution in [0.4, 0.5) is 0 Å². The van der Waals surface area contributed by atoms with Gasteiger partial charge >= 0.3 is 0 Å². The van der Waals surface area contributed by atoms with Crippen LogP contribution in [0.25, 0.3) is 16.8 Å². The molecule has 178 valence electrons. The maximum absolute atomic E-state index is 12.5. The van der Waals surface area contributed by atoms with Gasteiger partial charge < -0.3 is 19.0 Å². The highest BCUT2D eigenvalue weighted by molar-refractivity contribution is 5.93. The van der Waals surface area contributed by atoms with Gasteiger partial charge in [0.15, 0.2) is 0 Å². The molecule has 0 aliphatic carbocycles. The molecule has 4 nitrogen and oxygen atoms in total. The number of hydrogen-bond acceptors (Lipinski definition) is 4. The van der Waals surface area contributed by atoms with E-state index in [1.807, 2.05) is 97.1 Å². The average Bonchev–Trinajstić information content (AvgIpc) is 2.92. The van der Waals surface area contributed by atoms with Crippen molar-refractivity contribution in [3.63, 3.8) is 0 Å². The maximum Gasteiger partial charge on any atom is 0.134 e. The second-order valence-corrected chi connectivity index (χ2v) is 8.54. The monoisotopic (exact) mass is 466 g/mol. The minimum atomic E-state index is -0.953. The zero-order valence-corrected chi connectivity index (χ0v) is 19.9. The van der Waals surface area contributed by atoms with Gasteiger partial charge in [0.1, 0.15) is 12.0 Å². The molecule has 0 atom stereocenters. The van der Waals surface area contributed by atoms with Crippen molar-refractivity contribution >= 4 is 23.1 Å². The Morgan fingerprint density at radius 3 is 1.86 bits per heavy atom. The summed E-state index contributed by atoms with van der Waals surface area (Å²) in [5.41, 5.74) is 2.07. The van der Waals surface area contributed by atoms with Crippen molar-refractivity contribution in [2.75, 3.05) is 20.3 Å². The lowest BCUT2D eigenvalue weighted by molar-refractivity contribution is -0.121. The average molecular weight is 467 g/mol. The van der Waals surface area contributed by atoms with E-state index in [0.29, 0.717) is 13.2 Å². The molecule has 0 radical (unpaired) electrons. The molecule has 0 heterocycles. The zero-order valence-electron chi connectivity index (χ0n) is 19.9. The van der Waals surface area contributed by atoms with Crippen LogP contribution >= 0.6 is 0 Å². The van der Waals surface area contributed by atoms with E-state index in [9.17, 15) is 4.79 Å². The molecule has 0 fully saturated rings. The second kappa shape index (κ2) is 12.1. The molecule has 0 aromatic heterocycles. The molecule has 0 aliphatic rings. The highest BCUT2D eigenvalue weighted by Crippen LogP contribution is 2.31. The first-order valence-corrected chi connectivity index (χ1v) is 11.7. The predicted molar refractivity (Wildman–Crippen MR) is 140 cm³/mol. The molecular weight excluding hydrogens is 436 g/mol. The summed E-state index contributed by atoms with van der Waals surface area (Å²) in [6.07, 6.45) is 4.77. The molecule has 0 spiro atoms. The number of methoxy groups -OCH3 is 1. The first-order chi connectivity index (χ1) is 17.2. The number of fused-ring (bicyclic) bond motifs is 1. The van der Waals surface area contributed by atoms with E-state index < -0.39 is 5.41 Å². The van der Waals surface area contributed by atoms with Crippen molar-refractivity contribution in [3.8, 4) is 5.75 Å². The smallest absolute Gasteiger partial charge is 0.134 e. The number of benzene rings is 4. The van der Waals surface area contributed by atoms with E-state index in [0.717, 1.165) is 39.5 Å². The van der Waals surface area contributed by atoms with Crippen LogP contribution in [-0.2, 0) is 27.5 Å². The molecule has 0 amide bonds. The molecule has 0 saturated heterocycles. The Balaban J connectivity index is 1.59. The molecule has 0 unspecified atom stereocenters. The Kier molecular flexibility index (Phi) is 8.44. The van der Waals surface area contributed by atoms with E-state index in [1.54, 1.807) is 7.11 Å². The van der Waals surface area contributed by atoms with E-state index in [1.165, 1.54) is 0 Å². The zero-order chi connectivity index (χ0) is 24.3. The van der Waals surface area contributed by atoms with Gasteiger partial charge in [-0.25, -0.2) is 0 Å². The highest BCUT2D eigenvalue weighted by atomic mass is 16.5. The minimum absolute atomic E-state index is 0.198. The summed E-state index contributed by atoms with van der Waals surface area (Å²) in [6, 6.07) is 32.0. The lowest BCUT2D eigenvalue weighted by atomic mass is 9.90. The van der Waals surface area contributed by atoms with Crippen molar-refractivity contribution in [2.45, 2.75) is 13.2 Å². The van der Waals surface area contributed by atoms with Gasteiger partial charge in [-0.15, -0.1) is 0 Å². The number of aldehydes is 1. The Hall–Kier alpha value is -3.73. The second-order valence-electron chi connectivity index (χ2n) is 8.54. The largest absolute Gasteiger partial charge is 0.496 e. The summed E-state index contributed by atoms with van der Waals surface area (Å²) in [4.78, 5) is 12.5. The van der Waals surface area contributed by atoms with Crippen LogP contribution in [0.1, 0.15) is 16.7 Å². The van der Waals surface area contributed by atoms with Crippen molar-refractivity contribution in [2.24, 2.45) is 5.41 Å². The molecule has 0 bridgehead atoms. The first-order valence-electron chi connectivity index (χ1n) is 11.7. The number of hydrogen-bond donors (Lipinski definition) is 0. The maximum atomic E-state index is 12.5. The fourth-order valence-electron chi connectivity index (χ4n) is 3.99. The molecule has 4 heteroatoms. The van der Waals surface area contributed by atoms with E-state index in [4.69, 9.17) is 14.2 Å². The van der Waals surface area contributed by atoms with Gasteiger partial charge in [0, 0.05) is 5.56 Å². The summed E-state index contributed by atoms with van der Waals surface area (Å²) in [5.74, 6) is 0.746. The Morgan fingerprint density at radius 1 is 0.714 bits per heavy atom. The van der Waals surface area contributed by atoms with Gasteiger partial charge in [-0.1, -0.05) is 103 Å². The van der Waals surface area contributed by atoms with Gasteiger partial charge in [-0.05, 0) is 28.0 Å². The topological polar surface area (TPSA) is 44.8 Å². The summed E-state index contributed by atoms with van der Waals surface area (Å²) >= 11 is 0. The Morgan fingerprint density at radius 2 is 1.29 bits per heavy atom. The van der Waals surface area contributed by atoms with Crippen molar-refractivity contribution in [1.82, 2.24) is 0 Å². The predicted octanol–water partition coefficient (Wildman–Crippen LogP) is 6.48. The van der Waals surface area contributed by atoms with Crippen molar-refractivity contribution in [3.05, 3.63) is 120 Å². The lowest BCUT2D eigenvalue weighted by Gasteiger charge is -2.25. The van der Waals surface area contributed by atoms with Gasteiger partial charge in [0.25, 0.3) is 0 Å². The van der Waals surface area contributed by atoms with Crippen LogP contribution in [0.2, 0.25) is 0 Å². The van der Waals surface area contributed by atoms with Crippen LogP contribution in [0.3, 0.4) is 0 Å². The van der Waals surface area contributed by atoms with Gasteiger partial charge in [-0.2, -0.15) is 0 Å². The first kappa shape index (κ1) is 24.4. The summed E-state index contributed by atoms with van der Waals surface area (Å²) in [7, 11) is 1.65. The molecule has 35 heavy (non-hydrogen) atoms. The van der Waals surface area contributed by atoms with Crippen molar-refractivity contribution in [1.29, 1.82) is 0 Å². The number of carbonyl (C=O) groups is 1. The standard InChI is InChI=1S/C31H30O4/c1-33-30-17-16-27-14-8-9-15-28(27)29(30)18-19-31(22-32,23-34-20-25-10-4-2-5-11-25)24-35-21-26-12-6-3-7-13-26/h2-19,22H,20-21,23-24H2,1H3/b19-18+. The van der Waals surface area contributed by atoms with E-state index in [2.05, 4.69) is 12.1 Å². The molecule has 0 N–H and O–H groups in total. The van der Waals surface area contributed by atoms with Crippen LogP contribution in [0.5, 0.6) is 5.75 Å². The third kappa shape index (κ3) is 6.44. The molecule has 4 rings (SSSR count). The van der Waals surface area contributed by atoms with Crippen molar-refractivity contribution < 1.29 is 19.0 Å². The Labute approximate surface area is 206 Å².